The van der Waals surface area contributed by atoms with Crippen molar-refractivity contribution in [1.82, 2.24) is 9.62 Å². The molecule has 2 rings (SSSR count). The number of nitrogens with one attached hydrogen (secondary N) is 1. The quantitative estimate of drug-likeness (QED) is 0.599. The Kier molecular flexibility index (Phi) is 8.22. The number of amides is 1. The summed E-state index contributed by atoms with van der Waals surface area (Å²) in [5.41, 5.74) is 1.98. The van der Waals surface area contributed by atoms with Crippen molar-refractivity contribution in [2.45, 2.75) is 44.6 Å². The van der Waals surface area contributed by atoms with Gasteiger partial charge in [0.1, 0.15) is 0 Å². The zero-order valence-corrected chi connectivity index (χ0v) is 18.9. The average molecular weight is 467 g/mol. The van der Waals surface area contributed by atoms with Gasteiger partial charge < -0.3 is 5.32 Å². The fourth-order valence-electron chi connectivity index (χ4n) is 2.95. The van der Waals surface area contributed by atoms with Crippen LogP contribution in [0, 0.1) is 0 Å². The first-order valence-corrected chi connectivity index (χ1v) is 11.6. The van der Waals surface area contributed by atoms with Crippen molar-refractivity contribution in [2.24, 2.45) is 0 Å². The van der Waals surface area contributed by atoms with Crippen molar-refractivity contribution in [2.75, 3.05) is 13.1 Å². The smallest absolute Gasteiger partial charge is 0.243 e. The highest BCUT2D eigenvalue weighted by molar-refractivity contribution is 9.10. The molecule has 0 fully saturated rings. The molecule has 2 aromatic carbocycles. The van der Waals surface area contributed by atoms with Gasteiger partial charge in [-0.15, -0.1) is 0 Å². The van der Waals surface area contributed by atoms with Crippen LogP contribution in [0.2, 0.25) is 0 Å². The number of benzene rings is 2. The number of hydrogen-bond acceptors (Lipinski definition) is 3. The van der Waals surface area contributed by atoms with Gasteiger partial charge in [-0.05, 0) is 48.7 Å². The maximum Gasteiger partial charge on any atom is 0.243 e. The molecular weight excluding hydrogens is 440 g/mol. The minimum absolute atomic E-state index is 0.0322. The molecule has 5 nitrogen and oxygen atoms in total. The summed E-state index contributed by atoms with van der Waals surface area (Å²) in [6.45, 7) is 6.48. The number of rotatable bonds is 9. The van der Waals surface area contributed by atoms with Gasteiger partial charge in [-0.3, -0.25) is 4.79 Å². The van der Waals surface area contributed by atoms with E-state index in [9.17, 15) is 13.2 Å². The molecule has 0 radical (unpaired) electrons. The van der Waals surface area contributed by atoms with Gasteiger partial charge >= 0.3 is 0 Å². The van der Waals surface area contributed by atoms with Gasteiger partial charge in [0.25, 0.3) is 0 Å². The van der Waals surface area contributed by atoms with Crippen molar-refractivity contribution in [3.63, 3.8) is 0 Å². The van der Waals surface area contributed by atoms with Crippen molar-refractivity contribution in [1.29, 1.82) is 0 Å². The first kappa shape index (κ1) is 22.6. The van der Waals surface area contributed by atoms with Crippen molar-refractivity contribution < 1.29 is 13.2 Å². The van der Waals surface area contributed by atoms with E-state index in [0.717, 1.165) is 15.6 Å². The number of halogens is 1. The topological polar surface area (TPSA) is 66.5 Å². The Bertz CT molecular complexity index is 877. The molecule has 0 aromatic heterocycles. The van der Waals surface area contributed by atoms with Crippen LogP contribution in [0.1, 0.15) is 44.4 Å². The molecule has 7 heteroatoms. The molecule has 0 saturated heterocycles. The lowest BCUT2D eigenvalue weighted by atomic mass is 10.1. The van der Waals surface area contributed by atoms with Crippen LogP contribution >= 0.6 is 15.9 Å². The summed E-state index contributed by atoms with van der Waals surface area (Å²) in [4.78, 5) is 12.5. The second kappa shape index (κ2) is 10.2. The number of carbonyl (C=O) groups is 1. The standard InChI is InChI=1S/C21H27BrN2O3S/c1-4-24(5-2)28(26,27)20-13-6-17(7-14-20)8-15-21(25)23-16(3)18-9-11-19(22)12-10-18/h6-7,9-14,16H,4-5,8,15H2,1-3H3,(H,23,25). The summed E-state index contributed by atoms with van der Waals surface area (Å²) in [5, 5.41) is 2.99. The van der Waals surface area contributed by atoms with E-state index in [2.05, 4.69) is 21.2 Å². The number of nitrogens with zero attached hydrogens (tertiary/aromatic N) is 1. The summed E-state index contributed by atoms with van der Waals surface area (Å²) >= 11 is 3.40. The van der Waals surface area contributed by atoms with E-state index in [-0.39, 0.29) is 16.8 Å². The zero-order chi connectivity index (χ0) is 20.7. The normalized spacial score (nSPS) is 12.8. The fraction of sp³-hybridized carbons (Fsp3) is 0.381. The molecule has 0 spiro atoms. The van der Waals surface area contributed by atoms with Crippen LogP contribution in [0.15, 0.2) is 57.9 Å². The maximum absolute atomic E-state index is 12.5. The van der Waals surface area contributed by atoms with Crippen LogP contribution in [-0.2, 0) is 21.2 Å². The summed E-state index contributed by atoms with van der Waals surface area (Å²) in [6, 6.07) is 14.6. The molecule has 1 unspecified atom stereocenters. The minimum atomic E-state index is -3.45. The van der Waals surface area contributed by atoms with Gasteiger partial charge in [-0.2, -0.15) is 4.31 Å². The third-order valence-corrected chi connectivity index (χ3v) is 7.25. The second-order valence-electron chi connectivity index (χ2n) is 6.57. The van der Waals surface area contributed by atoms with Crippen LogP contribution < -0.4 is 5.32 Å². The molecule has 0 aliphatic carbocycles. The summed E-state index contributed by atoms with van der Waals surface area (Å²) in [5.74, 6) is -0.0322. The first-order valence-electron chi connectivity index (χ1n) is 9.41. The molecule has 2 aromatic rings. The van der Waals surface area contributed by atoms with Crippen LogP contribution in [0.4, 0.5) is 0 Å². The number of sulfonamides is 1. The van der Waals surface area contributed by atoms with Crippen molar-refractivity contribution in [3.8, 4) is 0 Å². The summed E-state index contributed by atoms with van der Waals surface area (Å²) in [6.07, 6.45) is 0.910. The SMILES string of the molecule is CCN(CC)S(=O)(=O)c1ccc(CCC(=O)NC(C)c2ccc(Br)cc2)cc1. The molecular formula is C21H27BrN2O3S. The Morgan fingerprint density at radius 1 is 1.04 bits per heavy atom. The van der Waals surface area contributed by atoms with E-state index in [1.54, 1.807) is 24.3 Å². The molecule has 1 amide bonds. The number of aryl methyl sites for hydroxylation is 1. The van der Waals surface area contributed by atoms with Gasteiger partial charge in [-0.25, -0.2) is 8.42 Å². The lowest BCUT2D eigenvalue weighted by Gasteiger charge is -2.18. The zero-order valence-electron chi connectivity index (χ0n) is 16.5. The summed E-state index contributed by atoms with van der Waals surface area (Å²) < 4.78 is 27.4. The van der Waals surface area contributed by atoms with Crippen LogP contribution in [-0.4, -0.2) is 31.7 Å². The fourth-order valence-corrected chi connectivity index (χ4v) is 4.67. The minimum Gasteiger partial charge on any atom is -0.350 e. The van der Waals surface area contributed by atoms with Gasteiger partial charge in [0.05, 0.1) is 10.9 Å². The average Bonchev–Trinajstić information content (AvgIpc) is 2.68. The number of hydrogen-bond donors (Lipinski definition) is 1. The first-order chi connectivity index (χ1) is 13.3. The molecule has 0 aliphatic heterocycles. The van der Waals surface area contributed by atoms with Crippen LogP contribution in [0.3, 0.4) is 0 Å². The van der Waals surface area contributed by atoms with Crippen LogP contribution in [0.5, 0.6) is 0 Å². The highest BCUT2D eigenvalue weighted by Crippen LogP contribution is 2.18. The second-order valence-corrected chi connectivity index (χ2v) is 9.43. The van der Waals surface area contributed by atoms with E-state index in [1.807, 2.05) is 45.0 Å². The van der Waals surface area contributed by atoms with Gasteiger partial charge in [-0.1, -0.05) is 54.0 Å². The molecule has 0 bridgehead atoms. The molecule has 1 N–H and O–H groups in total. The molecule has 28 heavy (non-hydrogen) atoms. The molecule has 0 aliphatic rings. The lowest BCUT2D eigenvalue weighted by molar-refractivity contribution is -0.121. The predicted octanol–water partition coefficient (Wildman–Crippen LogP) is 4.29. The lowest BCUT2D eigenvalue weighted by Crippen LogP contribution is -2.30. The largest absolute Gasteiger partial charge is 0.350 e. The molecule has 0 heterocycles. The van der Waals surface area contributed by atoms with Crippen LogP contribution in [0.25, 0.3) is 0 Å². The number of carbonyl (C=O) groups excluding carboxylic acids is 1. The Hall–Kier alpha value is -1.70. The molecule has 0 saturated carbocycles. The van der Waals surface area contributed by atoms with E-state index < -0.39 is 10.0 Å². The molecule has 152 valence electrons. The highest BCUT2D eigenvalue weighted by Gasteiger charge is 2.21. The van der Waals surface area contributed by atoms with Gasteiger partial charge in [0.2, 0.25) is 15.9 Å². The third kappa shape index (κ3) is 5.90. The predicted molar refractivity (Wildman–Crippen MR) is 116 cm³/mol. The Morgan fingerprint density at radius 3 is 2.14 bits per heavy atom. The highest BCUT2D eigenvalue weighted by atomic mass is 79.9. The van der Waals surface area contributed by atoms with E-state index in [4.69, 9.17) is 0 Å². The molecule has 1 atom stereocenters. The van der Waals surface area contributed by atoms with Crippen molar-refractivity contribution >= 4 is 31.9 Å². The van der Waals surface area contributed by atoms with E-state index in [0.29, 0.717) is 25.9 Å². The Balaban J connectivity index is 1.92. The van der Waals surface area contributed by atoms with Crippen molar-refractivity contribution in [3.05, 3.63) is 64.1 Å². The Morgan fingerprint density at radius 2 is 1.61 bits per heavy atom. The van der Waals surface area contributed by atoms with E-state index >= 15 is 0 Å². The summed E-state index contributed by atoms with van der Waals surface area (Å²) in [7, 11) is -3.45. The third-order valence-electron chi connectivity index (χ3n) is 4.65. The Labute approximate surface area is 176 Å². The van der Waals surface area contributed by atoms with E-state index in [1.165, 1.54) is 4.31 Å². The van der Waals surface area contributed by atoms with Gasteiger partial charge in [0.15, 0.2) is 0 Å². The maximum atomic E-state index is 12.5. The monoisotopic (exact) mass is 466 g/mol. The van der Waals surface area contributed by atoms with Gasteiger partial charge in [0, 0.05) is 24.0 Å².